The maximum Gasteiger partial charge on any atom is 0.243 e. The van der Waals surface area contributed by atoms with Gasteiger partial charge in [-0.3, -0.25) is 4.79 Å². The van der Waals surface area contributed by atoms with Crippen LogP contribution in [-0.4, -0.2) is 27.4 Å². The van der Waals surface area contributed by atoms with Gasteiger partial charge in [0.25, 0.3) is 0 Å². The molecule has 0 saturated carbocycles. The van der Waals surface area contributed by atoms with Crippen LogP contribution in [-0.2, 0) is 14.8 Å². The van der Waals surface area contributed by atoms with Crippen LogP contribution >= 0.6 is 0 Å². The molecule has 0 unspecified atom stereocenters. The van der Waals surface area contributed by atoms with Crippen molar-refractivity contribution < 1.29 is 17.6 Å². The molecule has 0 heterocycles. The van der Waals surface area contributed by atoms with Crippen LogP contribution < -0.4 is 15.8 Å². The molecule has 0 fully saturated rings. The van der Waals surface area contributed by atoms with Crippen LogP contribution in [0, 0.1) is 5.82 Å². The molecule has 1 aromatic carbocycles. The minimum Gasteiger partial charge on any atom is -0.399 e. The highest BCUT2D eigenvalue weighted by Crippen LogP contribution is 2.16. The zero-order valence-corrected chi connectivity index (χ0v) is 12.0. The van der Waals surface area contributed by atoms with Crippen LogP contribution in [0.15, 0.2) is 23.1 Å². The molecule has 112 valence electrons. The SMILES string of the molecule is CCCNC(=O)CCNS(=O)(=O)c1ccc(N)cc1F. The average Bonchev–Trinajstić information content (AvgIpc) is 2.35. The van der Waals surface area contributed by atoms with Gasteiger partial charge in [0.1, 0.15) is 10.7 Å². The first kappa shape index (κ1) is 16.4. The second-order valence-electron chi connectivity index (χ2n) is 4.19. The highest BCUT2D eigenvalue weighted by Gasteiger charge is 2.18. The van der Waals surface area contributed by atoms with Gasteiger partial charge < -0.3 is 11.1 Å². The van der Waals surface area contributed by atoms with Gasteiger partial charge in [-0.25, -0.2) is 17.5 Å². The molecule has 0 atom stereocenters. The number of halogens is 1. The molecule has 8 heteroatoms. The number of rotatable bonds is 7. The zero-order chi connectivity index (χ0) is 15.2. The predicted molar refractivity (Wildman–Crippen MR) is 73.9 cm³/mol. The summed E-state index contributed by atoms with van der Waals surface area (Å²) in [5, 5.41) is 2.61. The van der Waals surface area contributed by atoms with Crippen molar-refractivity contribution in [3.8, 4) is 0 Å². The standard InChI is InChI=1S/C12H18FN3O3S/c1-2-6-15-12(17)5-7-16-20(18,19)11-4-3-9(14)8-10(11)13/h3-4,8,16H,2,5-7,14H2,1H3,(H,15,17). The maximum absolute atomic E-state index is 13.5. The molecule has 0 bridgehead atoms. The van der Waals surface area contributed by atoms with Gasteiger partial charge >= 0.3 is 0 Å². The molecule has 4 N–H and O–H groups in total. The molecule has 20 heavy (non-hydrogen) atoms. The van der Waals surface area contributed by atoms with Gasteiger partial charge in [0.2, 0.25) is 15.9 Å². The summed E-state index contributed by atoms with van der Waals surface area (Å²) in [6.07, 6.45) is 0.796. The summed E-state index contributed by atoms with van der Waals surface area (Å²) in [5.74, 6) is -1.18. The topological polar surface area (TPSA) is 101 Å². The van der Waals surface area contributed by atoms with Crippen molar-refractivity contribution in [3.05, 3.63) is 24.0 Å². The Balaban J connectivity index is 2.60. The molecule has 6 nitrogen and oxygen atoms in total. The predicted octanol–water partition coefficient (Wildman–Crippen LogP) is 0.603. The fraction of sp³-hybridized carbons (Fsp3) is 0.417. The summed E-state index contributed by atoms with van der Waals surface area (Å²) in [6, 6.07) is 3.32. The average molecular weight is 303 g/mol. The first-order valence-electron chi connectivity index (χ1n) is 6.18. The van der Waals surface area contributed by atoms with Crippen LogP contribution in [0.2, 0.25) is 0 Å². The van der Waals surface area contributed by atoms with E-state index in [0.29, 0.717) is 6.54 Å². The summed E-state index contributed by atoms with van der Waals surface area (Å²) in [6.45, 7) is 2.35. The van der Waals surface area contributed by atoms with Crippen LogP contribution in [0.5, 0.6) is 0 Å². The Kier molecular flexibility index (Phi) is 5.90. The summed E-state index contributed by atoms with van der Waals surface area (Å²) < 4.78 is 39.4. The summed E-state index contributed by atoms with van der Waals surface area (Å²) in [7, 11) is -3.98. The Morgan fingerprint density at radius 2 is 2.05 bits per heavy atom. The molecule has 0 aliphatic rings. The van der Waals surface area contributed by atoms with Crippen molar-refractivity contribution in [2.24, 2.45) is 0 Å². The van der Waals surface area contributed by atoms with Crippen molar-refractivity contribution >= 4 is 21.6 Å². The summed E-state index contributed by atoms with van der Waals surface area (Å²) in [4.78, 5) is 10.8. The number of carbonyl (C=O) groups is 1. The van der Waals surface area contributed by atoms with E-state index in [4.69, 9.17) is 5.73 Å². The lowest BCUT2D eigenvalue weighted by molar-refractivity contribution is -0.120. The lowest BCUT2D eigenvalue weighted by Gasteiger charge is -2.08. The molecule has 0 radical (unpaired) electrons. The van der Waals surface area contributed by atoms with E-state index in [1.165, 1.54) is 6.07 Å². The van der Waals surface area contributed by atoms with Crippen LogP contribution in [0.1, 0.15) is 19.8 Å². The first-order chi connectivity index (χ1) is 9.36. The molecular weight excluding hydrogens is 285 g/mol. The molecule has 0 aliphatic carbocycles. The van der Waals surface area contributed by atoms with Gasteiger partial charge in [0.05, 0.1) is 0 Å². The minimum absolute atomic E-state index is 0.00415. The third-order valence-electron chi connectivity index (χ3n) is 2.46. The maximum atomic E-state index is 13.5. The zero-order valence-electron chi connectivity index (χ0n) is 11.1. The van der Waals surface area contributed by atoms with Gasteiger partial charge in [0.15, 0.2) is 0 Å². The van der Waals surface area contributed by atoms with Crippen LogP contribution in [0.25, 0.3) is 0 Å². The van der Waals surface area contributed by atoms with Crippen molar-refractivity contribution in [2.45, 2.75) is 24.7 Å². The molecule has 0 aromatic heterocycles. The normalized spacial score (nSPS) is 11.3. The molecule has 1 aromatic rings. The van der Waals surface area contributed by atoms with E-state index < -0.39 is 20.7 Å². The van der Waals surface area contributed by atoms with Crippen molar-refractivity contribution in [2.75, 3.05) is 18.8 Å². The highest BCUT2D eigenvalue weighted by atomic mass is 32.2. The van der Waals surface area contributed by atoms with Crippen LogP contribution in [0.4, 0.5) is 10.1 Å². The quantitative estimate of drug-likeness (QED) is 0.642. The third kappa shape index (κ3) is 4.78. The summed E-state index contributed by atoms with van der Waals surface area (Å²) >= 11 is 0. The number of sulfonamides is 1. The van der Waals surface area contributed by atoms with Crippen molar-refractivity contribution in [3.63, 3.8) is 0 Å². The number of benzene rings is 1. The lowest BCUT2D eigenvalue weighted by Crippen LogP contribution is -2.31. The Labute approximate surface area is 117 Å². The number of nitrogens with two attached hydrogens (primary N) is 1. The fourth-order valence-corrected chi connectivity index (χ4v) is 2.55. The second-order valence-corrected chi connectivity index (χ2v) is 5.92. The number of hydrogen-bond donors (Lipinski definition) is 3. The lowest BCUT2D eigenvalue weighted by atomic mass is 10.3. The van der Waals surface area contributed by atoms with Gasteiger partial charge in [-0.2, -0.15) is 0 Å². The molecule has 0 spiro atoms. The number of hydrogen-bond acceptors (Lipinski definition) is 4. The monoisotopic (exact) mass is 303 g/mol. The Bertz CT molecular complexity index is 575. The van der Waals surface area contributed by atoms with Gasteiger partial charge in [-0.1, -0.05) is 6.92 Å². The van der Waals surface area contributed by atoms with Gasteiger partial charge in [-0.05, 0) is 24.6 Å². The van der Waals surface area contributed by atoms with E-state index in [9.17, 15) is 17.6 Å². The van der Waals surface area contributed by atoms with E-state index in [0.717, 1.165) is 18.6 Å². The first-order valence-corrected chi connectivity index (χ1v) is 7.66. The van der Waals surface area contributed by atoms with Crippen LogP contribution in [0.3, 0.4) is 0 Å². The smallest absolute Gasteiger partial charge is 0.243 e. The highest BCUT2D eigenvalue weighted by molar-refractivity contribution is 7.89. The minimum atomic E-state index is -3.98. The molecular formula is C12H18FN3O3S. The fourth-order valence-electron chi connectivity index (χ4n) is 1.46. The van der Waals surface area contributed by atoms with Crippen molar-refractivity contribution in [1.82, 2.24) is 10.0 Å². The third-order valence-corrected chi connectivity index (χ3v) is 3.96. The Hall–Kier alpha value is -1.67. The number of nitrogen functional groups attached to an aromatic ring is 1. The van der Waals surface area contributed by atoms with E-state index in [1.54, 1.807) is 0 Å². The number of carbonyl (C=O) groups excluding carboxylic acids is 1. The molecule has 1 rings (SSSR count). The number of anilines is 1. The van der Waals surface area contributed by atoms with Gasteiger partial charge in [0, 0.05) is 25.2 Å². The Morgan fingerprint density at radius 1 is 1.35 bits per heavy atom. The van der Waals surface area contributed by atoms with Crippen molar-refractivity contribution in [1.29, 1.82) is 0 Å². The van der Waals surface area contributed by atoms with E-state index in [-0.39, 0.29) is 24.6 Å². The van der Waals surface area contributed by atoms with E-state index in [1.807, 2.05) is 6.92 Å². The van der Waals surface area contributed by atoms with E-state index in [2.05, 4.69) is 10.0 Å². The molecule has 0 aliphatic heterocycles. The number of amides is 1. The summed E-state index contributed by atoms with van der Waals surface area (Å²) in [5.41, 5.74) is 5.49. The second kappa shape index (κ2) is 7.20. The van der Waals surface area contributed by atoms with E-state index >= 15 is 0 Å². The Morgan fingerprint density at radius 3 is 2.65 bits per heavy atom. The largest absolute Gasteiger partial charge is 0.399 e. The van der Waals surface area contributed by atoms with Gasteiger partial charge in [-0.15, -0.1) is 0 Å². The molecule has 1 amide bonds. The molecule has 0 saturated heterocycles. The number of nitrogens with one attached hydrogen (secondary N) is 2.